The van der Waals surface area contributed by atoms with Gasteiger partial charge in [0.1, 0.15) is 0 Å². The number of nitro groups is 1. The number of amides is 2. The Labute approximate surface area is 461 Å². The Balaban J connectivity index is 0.00000293. The molecule has 0 spiro atoms. The summed E-state index contributed by atoms with van der Waals surface area (Å²) < 4.78 is 0. The van der Waals surface area contributed by atoms with Gasteiger partial charge in [0, 0.05) is 44.8 Å². The maximum atomic E-state index is 14.9. The fourth-order valence-corrected chi connectivity index (χ4v) is 13.8. The highest BCUT2D eigenvalue weighted by atomic mass is 16.6. The van der Waals surface area contributed by atoms with Gasteiger partial charge in [-0.3, -0.25) is 19.7 Å². The van der Waals surface area contributed by atoms with Crippen LogP contribution in [0.25, 0.3) is 76.5 Å². The summed E-state index contributed by atoms with van der Waals surface area (Å²) in [5.74, 6) is -0.486. The quantitative estimate of drug-likeness (QED) is 0.0498. The first-order valence-corrected chi connectivity index (χ1v) is 27.8. The van der Waals surface area contributed by atoms with Crippen molar-refractivity contribution in [1.29, 1.82) is 0 Å². The molecule has 11 aromatic rings. The van der Waals surface area contributed by atoms with Gasteiger partial charge in [-0.1, -0.05) is 191 Å². The Hall–Kier alpha value is -8.94. The molecule has 7 nitrogen and oxygen atoms in total. The van der Waals surface area contributed by atoms with Crippen molar-refractivity contribution in [3.63, 3.8) is 0 Å². The molecule has 0 radical (unpaired) electrons. The van der Waals surface area contributed by atoms with Gasteiger partial charge in [0.2, 0.25) is 0 Å². The summed E-state index contributed by atoms with van der Waals surface area (Å²) in [6.07, 6.45) is 0. The van der Waals surface area contributed by atoms with Crippen LogP contribution in [0.4, 0.5) is 28.4 Å². The molecule has 0 saturated carbocycles. The molecule has 0 fully saturated rings. The zero-order valence-corrected chi connectivity index (χ0v) is 46.4. The van der Waals surface area contributed by atoms with Crippen LogP contribution >= 0.6 is 0 Å². The van der Waals surface area contributed by atoms with Gasteiger partial charge < -0.3 is 4.90 Å². The van der Waals surface area contributed by atoms with E-state index in [0.29, 0.717) is 33.5 Å². The van der Waals surface area contributed by atoms with Crippen LogP contribution in [-0.4, -0.2) is 16.7 Å². The zero-order chi connectivity index (χ0) is 55.1. The number of carbonyl (C=O) groups excluding carboxylic acids is 2. The highest BCUT2D eigenvalue weighted by Gasteiger charge is 2.40. The van der Waals surface area contributed by atoms with Crippen LogP contribution in [0, 0.1) is 10.1 Å². The minimum absolute atomic E-state index is 0.00743. The number of nitro benzene ring substituents is 1. The first-order chi connectivity index (χ1) is 38.1. The van der Waals surface area contributed by atoms with Crippen molar-refractivity contribution >= 4 is 83.3 Å². The number of hydrogen-bond donors (Lipinski definition) is 0. The second-order valence-corrected chi connectivity index (χ2v) is 23.1. The average Bonchev–Trinajstić information content (AvgIpc) is 3.98. The molecule has 0 bridgehead atoms. The molecule has 1 aliphatic heterocycles. The number of anilines is 4. The number of hydrogen-bond acceptors (Lipinski definition) is 5. The molecule has 388 valence electrons. The lowest BCUT2D eigenvalue weighted by Crippen LogP contribution is -2.41. The summed E-state index contributed by atoms with van der Waals surface area (Å²) >= 11 is 0. The summed E-state index contributed by atoms with van der Waals surface area (Å²) in [4.78, 5) is 46.9. The van der Waals surface area contributed by atoms with Crippen molar-refractivity contribution in [2.24, 2.45) is 0 Å². The maximum absolute atomic E-state index is 14.9. The van der Waals surface area contributed by atoms with E-state index < -0.39 is 0 Å². The van der Waals surface area contributed by atoms with E-state index in [4.69, 9.17) is 0 Å². The second-order valence-electron chi connectivity index (χ2n) is 23.1. The Bertz CT molecular complexity index is 4240. The van der Waals surface area contributed by atoms with Gasteiger partial charge in [0.15, 0.2) is 0 Å². The molecule has 2 aliphatic carbocycles. The largest absolute Gasteiger partial charge is 0.310 e. The summed E-state index contributed by atoms with van der Waals surface area (Å²) in [6, 6.07) is 60.2. The molecule has 11 aromatic carbocycles. The molecule has 7 heteroatoms. The van der Waals surface area contributed by atoms with Crippen molar-refractivity contribution in [3.05, 3.63) is 231 Å². The van der Waals surface area contributed by atoms with Crippen LogP contribution in [0.3, 0.4) is 0 Å². The molecule has 0 unspecified atom stereocenters. The number of rotatable bonds is 8. The van der Waals surface area contributed by atoms with E-state index in [2.05, 4.69) is 157 Å². The first-order valence-electron chi connectivity index (χ1n) is 27.8. The Morgan fingerprint density at radius 3 is 1.33 bits per heavy atom. The van der Waals surface area contributed by atoms with Gasteiger partial charge in [-0.05, 0) is 159 Å². The minimum Gasteiger partial charge on any atom is -0.310 e. The van der Waals surface area contributed by atoms with E-state index in [1.165, 1.54) is 49.4 Å². The number of fused-ring (bicyclic) bond motifs is 8. The van der Waals surface area contributed by atoms with Crippen molar-refractivity contribution in [2.45, 2.75) is 91.9 Å². The fourth-order valence-electron chi connectivity index (χ4n) is 13.8. The molecule has 2 amide bonds. The van der Waals surface area contributed by atoms with Crippen LogP contribution in [0.2, 0.25) is 0 Å². The summed E-state index contributed by atoms with van der Waals surface area (Å²) in [5.41, 5.74) is 16.6. The maximum Gasteiger partial charge on any atom is 0.279 e. The van der Waals surface area contributed by atoms with Crippen LogP contribution in [0.1, 0.15) is 135 Å². The molecule has 0 saturated heterocycles. The highest BCUT2D eigenvalue weighted by molar-refractivity contribution is 6.42. The average molecular weight is 1030 g/mol. The molecular formula is C72H61N3O4. The zero-order valence-electron chi connectivity index (χ0n) is 46.4. The second kappa shape index (κ2) is 17.8. The highest BCUT2D eigenvalue weighted by Crippen LogP contribution is 2.55. The van der Waals surface area contributed by atoms with Gasteiger partial charge in [0.25, 0.3) is 17.5 Å². The first kappa shape index (κ1) is 49.6. The molecular weight excluding hydrogens is 971 g/mol. The van der Waals surface area contributed by atoms with E-state index in [1.807, 2.05) is 86.6 Å². The SMILES string of the molecule is CC.CC(C)c1cccc(C(C)C)c1N1C(=O)c2ccc3c4cccc5c(-c6ccc(N(c7ccc8c(c7)C(C)(C)c7ccccc7-8)c7ccc8c(c7)C(C)(C)c7ccccc7-8)cc6[N+](=O)[O-])ccc(c6ccc(c2c36)C1=O)c54. The molecule has 0 atom stereocenters. The monoisotopic (exact) mass is 1030 g/mol. The smallest absolute Gasteiger partial charge is 0.279 e. The molecule has 1 heterocycles. The Morgan fingerprint density at radius 2 is 0.823 bits per heavy atom. The minimum atomic E-state index is -0.328. The van der Waals surface area contributed by atoms with E-state index in [0.717, 1.165) is 65.8 Å². The topological polar surface area (TPSA) is 83.8 Å². The molecule has 14 rings (SSSR count). The number of benzene rings is 11. The van der Waals surface area contributed by atoms with Gasteiger partial charge in [0.05, 0.1) is 21.9 Å². The number of para-hydroxylation sites is 1. The van der Waals surface area contributed by atoms with Crippen LogP contribution < -0.4 is 9.80 Å². The van der Waals surface area contributed by atoms with Crippen LogP contribution in [-0.2, 0) is 10.8 Å². The predicted octanol–water partition coefficient (Wildman–Crippen LogP) is 19.5. The lowest BCUT2D eigenvalue weighted by Gasteiger charge is -2.32. The number of carbonyl (C=O) groups is 2. The van der Waals surface area contributed by atoms with Crippen molar-refractivity contribution in [2.75, 3.05) is 9.80 Å². The third kappa shape index (κ3) is 6.97. The summed E-state index contributed by atoms with van der Waals surface area (Å²) in [5, 5.41) is 20.8. The normalized spacial score (nSPS) is 14.5. The number of nitrogens with zero attached hydrogens (tertiary/aromatic N) is 3. The lowest BCUT2D eigenvalue weighted by atomic mass is 9.82. The van der Waals surface area contributed by atoms with Crippen molar-refractivity contribution in [3.8, 4) is 33.4 Å². The van der Waals surface area contributed by atoms with Gasteiger partial charge >= 0.3 is 0 Å². The number of imide groups is 1. The van der Waals surface area contributed by atoms with Crippen molar-refractivity contribution < 1.29 is 14.5 Å². The van der Waals surface area contributed by atoms with Gasteiger partial charge in [-0.25, -0.2) is 4.90 Å². The third-order valence-corrected chi connectivity index (χ3v) is 17.6. The van der Waals surface area contributed by atoms with E-state index >= 15 is 0 Å². The molecule has 0 aromatic heterocycles. The fraction of sp³-hybridized carbons (Fsp3) is 0.194. The molecule has 79 heavy (non-hydrogen) atoms. The third-order valence-electron chi connectivity index (χ3n) is 17.6. The predicted molar refractivity (Wildman–Crippen MR) is 327 cm³/mol. The van der Waals surface area contributed by atoms with Crippen molar-refractivity contribution in [1.82, 2.24) is 0 Å². The Kier molecular flexibility index (Phi) is 11.2. The van der Waals surface area contributed by atoms with Gasteiger partial charge in [-0.15, -0.1) is 0 Å². The summed E-state index contributed by atoms with van der Waals surface area (Å²) in [6.45, 7) is 21.5. The van der Waals surface area contributed by atoms with Crippen LogP contribution in [0.5, 0.6) is 0 Å². The van der Waals surface area contributed by atoms with E-state index in [1.54, 1.807) is 6.07 Å². The molecule has 0 N–H and O–H groups in total. The molecule has 3 aliphatic rings. The van der Waals surface area contributed by atoms with E-state index in [9.17, 15) is 19.7 Å². The Morgan fingerprint density at radius 1 is 0.418 bits per heavy atom. The van der Waals surface area contributed by atoms with E-state index in [-0.39, 0.29) is 45.1 Å². The standard InChI is InChI=1S/C70H55N3O4.C2H6/c1-38(2)43-17-13-18-44(39(3)4)66(43)72-67(74)56-33-31-54-52-20-14-19-51-45(29-30-53(63(51)52)55-32-34-57(68(72)75)65(56)64(54)55)50-28-25-42(37-62(50)73(76)77)71(40-23-26-48-46-15-9-11-21-58(46)69(5,6)60(48)35-40)41-24-27-49-47-16-10-12-22-59(47)70(7,8)61(49)36-41;1-2/h9-39H,1-8H3;1-2H3. The van der Waals surface area contributed by atoms with Crippen LogP contribution in [0.15, 0.2) is 176 Å². The lowest BCUT2D eigenvalue weighted by molar-refractivity contribution is -0.384. The summed E-state index contributed by atoms with van der Waals surface area (Å²) in [7, 11) is 0. The van der Waals surface area contributed by atoms with Gasteiger partial charge in [-0.2, -0.15) is 0 Å².